The Kier molecular flexibility index (Phi) is 11.2. The Morgan fingerprint density at radius 3 is 0.755 bits per heavy atom. The Morgan fingerprint density at radius 2 is 0.528 bits per heavy atom. The molecule has 264 valence electrons. The summed E-state index contributed by atoms with van der Waals surface area (Å²) < 4.78 is 0. The van der Waals surface area contributed by atoms with Crippen LogP contribution in [0.15, 0.2) is 146 Å². The summed E-state index contributed by atoms with van der Waals surface area (Å²) in [5.41, 5.74) is 6.21. The maximum Gasteiger partial charge on any atom is 0.193 e. The first-order valence-electron chi connectivity index (χ1n) is 18.5. The van der Waals surface area contributed by atoms with E-state index in [-0.39, 0.29) is 11.6 Å². The van der Waals surface area contributed by atoms with Crippen LogP contribution in [0.2, 0.25) is 0 Å². The maximum atomic E-state index is 15.3. The largest absolute Gasteiger partial charge is 0.292 e. The van der Waals surface area contributed by atoms with E-state index in [0.29, 0.717) is 44.5 Å². The van der Waals surface area contributed by atoms with Crippen molar-refractivity contribution >= 4 is 23.1 Å². The van der Waals surface area contributed by atoms with Gasteiger partial charge in [-0.1, -0.05) is 173 Å². The van der Waals surface area contributed by atoms with E-state index in [4.69, 9.17) is 0 Å². The molecule has 0 spiro atoms. The molecule has 53 heavy (non-hydrogen) atoms. The molecular weight excluding hydrogens is 653 g/mol. The summed E-state index contributed by atoms with van der Waals surface area (Å²) in [5.74, 6) is -1.09. The molecule has 6 aromatic rings. The van der Waals surface area contributed by atoms with Gasteiger partial charge in [-0.05, 0) is 59.1 Å². The molecule has 0 saturated heterocycles. The van der Waals surface area contributed by atoms with E-state index >= 15 is 9.59 Å². The minimum Gasteiger partial charge on any atom is -0.292 e. The van der Waals surface area contributed by atoms with Gasteiger partial charge in [-0.2, -0.15) is 0 Å². The second-order valence-electron chi connectivity index (χ2n) is 13.4. The quantitative estimate of drug-likeness (QED) is 0.0840. The lowest BCUT2D eigenvalue weighted by Crippen LogP contribution is -2.45. The van der Waals surface area contributed by atoms with Gasteiger partial charge >= 0.3 is 0 Å². The van der Waals surface area contributed by atoms with Crippen LogP contribution >= 0.6 is 0 Å². The summed E-state index contributed by atoms with van der Waals surface area (Å²) in [4.78, 5) is 57.7. The summed E-state index contributed by atoms with van der Waals surface area (Å²) in [7, 11) is 0. The molecule has 0 bridgehead atoms. The lowest BCUT2D eigenvalue weighted by Gasteiger charge is -2.33. The number of carbonyl (C=O) groups excluding carboxylic acids is 4. The number of hydrogen-bond acceptors (Lipinski definition) is 4. The summed E-state index contributed by atoms with van der Waals surface area (Å²) in [6, 6.07) is 43.5. The average molecular weight is 697 g/mol. The second-order valence-corrected chi connectivity index (χ2v) is 13.4. The summed E-state index contributed by atoms with van der Waals surface area (Å²) >= 11 is 0. The molecule has 0 amide bonds. The summed E-state index contributed by atoms with van der Waals surface area (Å²) in [5, 5.41) is 0. The van der Waals surface area contributed by atoms with E-state index in [9.17, 15) is 9.59 Å². The lowest BCUT2D eigenvalue weighted by molar-refractivity contribution is 0.0796. The molecule has 0 unspecified atom stereocenters. The van der Waals surface area contributed by atoms with E-state index in [1.165, 1.54) is 0 Å². The Bertz CT molecular complexity index is 2060. The monoisotopic (exact) mass is 696 g/mol. The molecule has 6 aromatic carbocycles. The highest BCUT2D eigenvalue weighted by Gasteiger charge is 2.49. The third kappa shape index (κ3) is 7.36. The van der Waals surface area contributed by atoms with Gasteiger partial charge in [0.1, 0.15) is 5.41 Å². The van der Waals surface area contributed by atoms with Crippen LogP contribution in [0.5, 0.6) is 0 Å². The molecule has 0 aliphatic carbocycles. The van der Waals surface area contributed by atoms with Gasteiger partial charge in [0.25, 0.3) is 0 Å². The van der Waals surface area contributed by atoms with Crippen LogP contribution in [0.4, 0.5) is 0 Å². The predicted molar refractivity (Wildman–Crippen MR) is 212 cm³/mol. The molecule has 0 N–H and O–H groups in total. The van der Waals surface area contributed by atoms with Gasteiger partial charge in [0.05, 0.1) is 0 Å². The number of Topliss-reactive ketones (excluding diaryl/α,β-unsaturated/α-hetero) is 2. The van der Waals surface area contributed by atoms with Gasteiger partial charge in [-0.25, -0.2) is 0 Å². The van der Waals surface area contributed by atoms with Crippen LogP contribution in [0.25, 0.3) is 0 Å². The van der Waals surface area contributed by atoms with Gasteiger partial charge in [0.15, 0.2) is 23.1 Å². The number of ketones is 4. The molecule has 0 saturated carbocycles. The molecule has 0 aromatic heterocycles. The first-order valence-corrected chi connectivity index (χ1v) is 18.5. The number of hydrogen-bond donors (Lipinski definition) is 0. The van der Waals surface area contributed by atoms with Crippen LogP contribution in [0, 0.1) is 0 Å². The molecule has 6 rings (SSSR count). The Labute approximate surface area is 312 Å². The summed E-state index contributed by atoms with van der Waals surface area (Å²) in [6.07, 6.45) is 3.35. The highest BCUT2D eigenvalue weighted by molar-refractivity contribution is 6.27. The van der Waals surface area contributed by atoms with Crippen molar-refractivity contribution in [3.05, 3.63) is 212 Å². The zero-order chi connectivity index (χ0) is 37.5. The van der Waals surface area contributed by atoms with Crippen molar-refractivity contribution in [2.24, 2.45) is 0 Å². The van der Waals surface area contributed by atoms with Gasteiger partial charge < -0.3 is 0 Å². The number of rotatable bonds is 14. The van der Waals surface area contributed by atoms with Crippen LogP contribution in [0.3, 0.4) is 0 Å². The minimum atomic E-state index is -1.84. The van der Waals surface area contributed by atoms with Crippen LogP contribution in [-0.2, 0) is 31.1 Å². The second kappa shape index (κ2) is 16.1. The van der Waals surface area contributed by atoms with Gasteiger partial charge in [0.2, 0.25) is 0 Å². The molecule has 0 radical (unpaired) electrons. The molecule has 0 aliphatic heterocycles. The van der Waals surface area contributed by atoms with Crippen molar-refractivity contribution < 1.29 is 19.2 Å². The van der Waals surface area contributed by atoms with Crippen molar-refractivity contribution in [3.8, 4) is 0 Å². The standard InChI is InChI=1S/C49H44O4/c1-5-33-9-17-37(18-10-33)45(50)39-25-29-43(30-26-39)49(47(52)41-21-13-35(7-3)14-22-41,48(53)42-23-15-36(8-4)16-24-42)44-31-27-40(28-32-44)46(51)38-19-11-34(6-2)12-20-38/h9-32H,5-8H2,1-4H3. The van der Waals surface area contributed by atoms with Gasteiger partial charge in [-0.3, -0.25) is 19.2 Å². The van der Waals surface area contributed by atoms with Crippen LogP contribution in [0.1, 0.15) is 114 Å². The van der Waals surface area contributed by atoms with Crippen LogP contribution < -0.4 is 0 Å². The number of carbonyl (C=O) groups is 4. The zero-order valence-electron chi connectivity index (χ0n) is 30.8. The molecule has 0 atom stereocenters. The minimum absolute atomic E-state index is 0.150. The van der Waals surface area contributed by atoms with E-state index in [1.54, 1.807) is 72.8 Å². The molecule has 4 heteroatoms. The fraction of sp³-hybridized carbons (Fsp3) is 0.184. The number of aryl methyl sites for hydroxylation is 4. The Hall–Kier alpha value is -6.00. The predicted octanol–water partition coefficient (Wildman–Crippen LogP) is 10.5. The third-order valence-electron chi connectivity index (χ3n) is 10.3. The molecular formula is C49H44O4. The maximum absolute atomic E-state index is 15.3. The highest BCUT2D eigenvalue weighted by Crippen LogP contribution is 2.40. The fourth-order valence-corrected chi connectivity index (χ4v) is 6.87. The molecule has 4 nitrogen and oxygen atoms in total. The highest BCUT2D eigenvalue weighted by atomic mass is 16.2. The summed E-state index contributed by atoms with van der Waals surface area (Å²) in [6.45, 7) is 8.23. The first-order chi connectivity index (χ1) is 25.7. The van der Waals surface area contributed by atoms with E-state index < -0.39 is 17.0 Å². The zero-order valence-corrected chi connectivity index (χ0v) is 30.8. The van der Waals surface area contributed by atoms with Crippen molar-refractivity contribution in [1.82, 2.24) is 0 Å². The topological polar surface area (TPSA) is 68.3 Å². The fourth-order valence-electron chi connectivity index (χ4n) is 6.87. The van der Waals surface area contributed by atoms with E-state index in [1.807, 2.05) is 86.6 Å². The third-order valence-corrected chi connectivity index (χ3v) is 10.3. The van der Waals surface area contributed by atoms with E-state index in [0.717, 1.165) is 47.9 Å². The van der Waals surface area contributed by atoms with Crippen molar-refractivity contribution in [2.45, 2.75) is 58.8 Å². The van der Waals surface area contributed by atoms with Crippen molar-refractivity contribution in [2.75, 3.05) is 0 Å². The number of benzene rings is 6. The lowest BCUT2D eigenvalue weighted by atomic mass is 9.65. The molecule has 0 aliphatic rings. The average Bonchev–Trinajstić information content (AvgIpc) is 3.23. The van der Waals surface area contributed by atoms with Crippen molar-refractivity contribution in [3.63, 3.8) is 0 Å². The van der Waals surface area contributed by atoms with Crippen LogP contribution in [-0.4, -0.2) is 23.1 Å². The smallest absolute Gasteiger partial charge is 0.193 e. The first kappa shape index (κ1) is 36.8. The molecule has 0 fully saturated rings. The van der Waals surface area contributed by atoms with Gasteiger partial charge in [0, 0.05) is 33.4 Å². The van der Waals surface area contributed by atoms with Crippen molar-refractivity contribution in [1.29, 1.82) is 0 Å². The Balaban J connectivity index is 1.53. The van der Waals surface area contributed by atoms with Gasteiger partial charge in [-0.15, -0.1) is 0 Å². The molecule has 0 heterocycles. The Morgan fingerprint density at radius 1 is 0.321 bits per heavy atom. The normalized spacial score (nSPS) is 11.2. The van der Waals surface area contributed by atoms with E-state index in [2.05, 4.69) is 13.8 Å². The SMILES string of the molecule is CCc1ccc(C(=O)c2ccc(C(C(=O)c3ccc(CC)cc3)(C(=O)c3ccc(CC)cc3)c3ccc(C(=O)c4ccc(CC)cc4)cc3)cc2)cc1.